The molecule has 0 radical (unpaired) electrons. The van der Waals surface area contributed by atoms with Gasteiger partial charge in [0.2, 0.25) is 0 Å². The smallest absolute Gasteiger partial charge is 0.407 e. The van der Waals surface area contributed by atoms with Crippen molar-refractivity contribution in [2.24, 2.45) is 0 Å². The molecule has 1 rings (SSSR count). The molecule has 8 heteroatoms. The average molecular weight is 348 g/mol. The Kier molecular flexibility index (Phi) is 6.89. The van der Waals surface area contributed by atoms with E-state index >= 15 is 0 Å². The summed E-state index contributed by atoms with van der Waals surface area (Å²) >= 11 is 0. The zero-order valence-corrected chi connectivity index (χ0v) is 14.1. The Labute approximate surface area is 139 Å². The highest BCUT2D eigenvalue weighted by atomic mass is 19.4. The highest BCUT2D eigenvalue weighted by Gasteiger charge is 2.37. The van der Waals surface area contributed by atoms with Crippen molar-refractivity contribution in [3.05, 3.63) is 30.3 Å². The first kappa shape index (κ1) is 20.1. The summed E-state index contributed by atoms with van der Waals surface area (Å²) in [6.45, 7) is 5.86. The van der Waals surface area contributed by atoms with Crippen molar-refractivity contribution >= 4 is 6.09 Å². The maximum absolute atomic E-state index is 12.7. The first-order valence-electron chi connectivity index (χ1n) is 7.49. The van der Waals surface area contributed by atoms with Gasteiger partial charge in [-0.3, -0.25) is 5.32 Å². The summed E-state index contributed by atoms with van der Waals surface area (Å²) in [6.07, 6.45) is -6.23. The third kappa shape index (κ3) is 8.05. The van der Waals surface area contributed by atoms with E-state index in [0.717, 1.165) is 6.92 Å². The maximum Gasteiger partial charge on any atom is 0.407 e. The van der Waals surface area contributed by atoms with Gasteiger partial charge in [-0.05, 0) is 39.8 Å². The minimum atomic E-state index is -4.43. The second kappa shape index (κ2) is 8.23. The molecule has 0 saturated carbocycles. The molecule has 1 amide bonds. The number of nitrogens with one attached hydrogen (secondary N) is 2. The standard InChI is InChI=1S/C16H23F3N2O3/c1-11(16(17,18)19)21-13(23-12-8-6-5-7-9-12)10-20-14(22)24-15(2,3)4/h5-9,11,13,21H,10H2,1-4H3,(H,20,22). The van der Waals surface area contributed by atoms with E-state index in [1.807, 2.05) is 0 Å². The van der Waals surface area contributed by atoms with Gasteiger partial charge in [0.1, 0.15) is 17.4 Å². The molecule has 0 bridgehead atoms. The van der Waals surface area contributed by atoms with Gasteiger partial charge in [-0.25, -0.2) is 4.79 Å². The van der Waals surface area contributed by atoms with Crippen molar-refractivity contribution in [3.8, 4) is 5.75 Å². The van der Waals surface area contributed by atoms with Gasteiger partial charge in [0.25, 0.3) is 0 Å². The first-order chi connectivity index (χ1) is 11.0. The number of halogens is 3. The van der Waals surface area contributed by atoms with E-state index in [1.54, 1.807) is 51.1 Å². The highest BCUT2D eigenvalue weighted by Crippen LogP contribution is 2.20. The molecule has 5 nitrogen and oxygen atoms in total. The first-order valence-corrected chi connectivity index (χ1v) is 7.49. The maximum atomic E-state index is 12.7. The Morgan fingerprint density at radius 3 is 2.25 bits per heavy atom. The lowest BCUT2D eigenvalue weighted by molar-refractivity contribution is -0.157. The van der Waals surface area contributed by atoms with E-state index in [0.29, 0.717) is 5.75 Å². The lowest BCUT2D eigenvalue weighted by atomic mass is 10.2. The quantitative estimate of drug-likeness (QED) is 0.773. The fourth-order valence-electron chi connectivity index (χ4n) is 1.66. The summed E-state index contributed by atoms with van der Waals surface area (Å²) in [5.74, 6) is 0.385. The summed E-state index contributed by atoms with van der Waals surface area (Å²) in [5.41, 5.74) is -0.702. The molecule has 0 aliphatic carbocycles. The molecule has 2 atom stereocenters. The average Bonchev–Trinajstić information content (AvgIpc) is 2.43. The number of benzene rings is 1. The van der Waals surface area contributed by atoms with Crippen molar-refractivity contribution in [3.63, 3.8) is 0 Å². The lowest BCUT2D eigenvalue weighted by Gasteiger charge is -2.26. The molecule has 2 N–H and O–H groups in total. The van der Waals surface area contributed by atoms with Gasteiger partial charge in [0.15, 0.2) is 6.23 Å². The second-order valence-electron chi connectivity index (χ2n) is 6.23. The molecular weight excluding hydrogens is 325 g/mol. The van der Waals surface area contributed by atoms with Crippen molar-refractivity contribution in [1.29, 1.82) is 0 Å². The molecule has 0 heterocycles. The van der Waals surface area contributed by atoms with Crippen molar-refractivity contribution < 1.29 is 27.4 Å². The summed E-state index contributed by atoms with van der Waals surface area (Å²) in [7, 11) is 0. The second-order valence-corrected chi connectivity index (χ2v) is 6.23. The third-order valence-electron chi connectivity index (χ3n) is 2.78. The fourth-order valence-corrected chi connectivity index (χ4v) is 1.66. The molecule has 0 saturated heterocycles. The van der Waals surface area contributed by atoms with Gasteiger partial charge in [-0.1, -0.05) is 18.2 Å². The van der Waals surface area contributed by atoms with Crippen LogP contribution in [0.15, 0.2) is 30.3 Å². The van der Waals surface area contributed by atoms with Crippen LogP contribution in [-0.4, -0.2) is 36.7 Å². The number of amides is 1. The number of hydrogen-bond acceptors (Lipinski definition) is 4. The molecule has 136 valence electrons. The van der Waals surface area contributed by atoms with Crippen LogP contribution in [0.5, 0.6) is 5.75 Å². The van der Waals surface area contributed by atoms with Crippen molar-refractivity contribution in [1.82, 2.24) is 10.6 Å². The van der Waals surface area contributed by atoms with Crippen LogP contribution in [0.4, 0.5) is 18.0 Å². The van der Waals surface area contributed by atoms with E-state index in [-0.39, 0.29) is 6.54 Å². The third-order valence-corrected chi connectivity index (χ3v) is 2.78. The molecule has 0 aliphatic heterocycles. The van der Waals surface area contributed by atoms with Gasteiger partial charge >= 0.3 is 12.3 Å². The molecule has 0 aromatic heterocycles. The summed E-state index contributed by atoms with van der Waals surface area (Å²) in [5, 5.41) is 4.71. The van der Waals surface area contributed by atoms with E-state index in [2.05, 4.69) is 10.6 Å². The van der Waals surface area contributed by atoms with E-state index in [4.69, 9.17) is 9.47 Å². The number of alkyl carbamates (subject to hydrolysis) is 1. The highest BCUT2D eigenvalue weighted by molar-refractivity contribution is 5.67. The van der Waals surface area contributed by atoms with Gasteiger partial charge in [0.05, 0.1) is 6.54 Å². The Balaban J connectivity index is 2.68. The summed E-state index contributed by atoms with van der Waals surface area (Å²) < 4.78 is 48.8. The van der Waals surface area contributed by atoms with Crippen LogP contribution in [-0.2, 0) is 4.74 Å². The summed E-state index contributed by atoms with van der Waals surface area (Å²) in [4.78, 5) is 11.7. The van der Waals surface area contributed by atoms with Crippen molar-refractivity contribution in [2.45, 2.75) is 51.7 Å². The van der Waals surface area contributed by atoms with Crippen molar-refractivity contribution in [2.75, 3.05) is 6.54 Å². The number of alkyl halides is 3. The topological polar surface area (TPSA) is 59.6 Å². The predicted octanol–water partition coefficient (Wildman–Crippen LogP) is 3.46. The Bertz CT molecular complexity index is 516. The molecule has 2 unspecified atom stereocenters. The van der Waals surface area contributed by atoms with Crippen LogP contribution in [0.3, 0.4) is 0 Å². The molecule has 24 heavy (non-hydrogen) atoms. The fraction of sp³-hybridized carbons (Fsp3) is 0.562. The normalized spacial score (nSPS) is 14.6. The van der Waals surface area contributed by atoms with E-state index in [1.165, 1.54) is 0 Å². The van der Waals surface area contributed by atoms with Gasteiger partial charge in [0, 0.05) is 0 Å². The van der Waals surface area contributed by atoms with Gasteiger partial charge in [-0.15, -0.1) is 0 Å². The lowest BCUT2D eigenvalue weighted by Crippen LogP contribution is -2.52. The van der Waals surface area contributed by atoms with Crippen LogP contribution < -0.4 is 15.4 Å². The van der Waals surface area contributed by atoms with Crippen LogP contribution in [0.2, 0.25) is 0 Å². The molecule has 1 aromatic carbocycles. The van der Waals surface area contributed by atoms with Crippen LogP contribution in [0.1, 0.15) is 27.7 Å². The zero-order chi connectivity index (χ0) is 18.4. The molecule has 0 fully saturated rings. The molecule has 0 spiro atoms. The van der Waals surface area contributed by atoms with Gasteiger partial charge < -0.3 is 14.8 Å². The predicted molar refractivity (Wildman–Crippen MR) is 83.7 cm³/mol. The minimum absolute atomic E-state index is 0.190. The number of rotatable bonds is 6. The van der Waals surface area contributed by atoms with Crippen LogP contribution in [0, 0.1) is 0 Å². The number of carbonyl (C=O) groups is 1. The van der Waals surface area contributed by atoms with Crippen LogP contribution >= 0.6 is 0 Å². The summed E-state index contributed by atoms with van der Waals surface area (Å²) in [6, 6.07) is 6.57. The number of hydrogen-bond donors (Lipinski definition) is 2. The zero-order valence-electron chi connectivity index (χ0n) is 14.1. The molecular formula is C16H23F3N2O3. The minimum Gasteiger partial charge on any atom is -0.473 e. The van der Waals surface area contributed by atoms with Gasteiger partial charge in [-0.2, -0.15) is 13.2 Å². The number of carbonyl (C=O) groups excluding carboxylic acids is 1. The largest absolute Gasteiger partial charge is 0.473 e. The Hall–Kier alpha value is -1.96. The number of ether oxygens (including phenoxy) is 2. The monoisotopic (exact) mass is 348 g/mol. The Morgan fingerprint density at radius 1 is 1.17 bits per heavy atom. The number of para-hydroxylation sites is 1. The Morgan fingerprint density at radius 2 is 1.75 bits per heavy atom. The van der Waals surface area contributed by atoms with E-state index in [9.17, 15) is 18.0 Å². The SMILES string of the molecule is CC(NC(CNC(=O)OC(C)(C)C)Oc1ccccc1)C(F)(F)F. The molecule has 0 aliphatic rings. The van der Waals surface area contributed by atoms with E-state index < -0.39 is 30.1 Å². The van der Waals surface area contributed by atoms with Crippen LogP contribution in [0.25, 0.3) is 0 Å². The molecule has 1 aromatic rings.